The Labute approximate surface area is 208 Å². The molecule has 1 heterocycles. The van der Waals surface area contributed by atoms with Gasteiger partial charge in [0, 0.05) is 19.0 Å². The van der Waals surface area contributed by atoms with Crippen molar-refractivity contribution in [1.82, 2.24) is 4.72 Å². The molecule has 2 aromatic rings. The molecule has 1 saturated heterocycles. The number of hydrogen-bond acceptors (Lipinski definition) is 5. The summed E-state index contributed by atoms with van der Waals surface area (Å²) in [5.74, 6) is 0.905. The molecule has 13 heteroatoms. The SMILES string of the molecule is COc1ccccc1[NH+]1CC[NH+](CCCNS(=O)(=O)c2cccc(S(N)(=O)=O)c2)CC1.[Cl-].[Cl-]. The number of ether oxygens (including phenoxy) is 1. The van der Waals surface area contributed by atoms with Crippen LogP contribution in [-0.4, -0.2) is 63.2 Å². The Hall–Kier alpha value is -1.44. The van der Waals surface area contributed by atoms with E-state index in [1.165, 1.54) is 33.7 Å². The molecule has 33 heavy (non-hydrogen) atoms. The van der Waals surface area contributed by atoms with Gasteiger partial charge in [0.25, 0.3) is 0 Å². The zero-order valence-electron chi connectivity index (χ0n) is 18.3. The summed E-state index contributed by atoms with van der Waals surface area (Å²) in [5, 5.41) is 5.08. The summed E-state index contributed by atoms with van der Waals surface area (Å²) in [7, 11) is -6.07. The van der Waals surface area contributed by atoms with Gasteiger partial charge in [-0.05, 0) is 24.3 Å². The predicted octanol–water partition coefficient (Wildman–Crippen LogP) is -7.87. The zero-order chi connectivity index (χ0) is 22.5. The van der Waals surface area contributed by atoms with Crippen LogP contribution < -0.4 is 49.2 Å². The fourth-order valence-electron chi connectivity index (χ4n) is 3.81. The lowest BCUT2D eigenvalue weighted by Gasteiger charge is -2.30. The number of rotatable bonds is 9. The van der Waals surface area contributed by atoms with Gasteiger partial charge < -0.3 is 34.5 Å². The van der Waals surface area contributed by atoms with Crippen LogP contribution in [-0.2, 0) is 20.0 Å². The molecule has 0 aliphatic carbocycles. The Morgan fingerprint density at radius 1 is 0.939 bits per heavy atom. The molecule has 0 spiro atoms. The van der Waals surface area contributed by atoms with Crippen LogP contribution >= 0.6 is 0 Å². The number of sulfonamides is 2. The van der Waals surface area contributed by atoms with E-state index in [0.717, 1.165) is 44.5 Å². The topological polar surface area (TPSA) is 124 Å². The van der Waals surface area contributed by atoms with E-state index >= 15 is 0 Å². The second-order valence-electron chi connectivity index (χ2n) is 7.58. The molecule has 1 fully saturated rings. The van der Waals surface area contributed by atoms with Crippen molar-refractivity contribution in [2.75, 3.05) is 46.4 Å². The summed E-state index contributed by atoms with van der Waals surface area (Å²) in [4.78, 5) is 2.50. The number of halogens is 2. The van der Waals surface area contributed by atoms with Crippen molar-refractivity contribution < 1.29 is 56.2 Å². The van der Waals surface area contributed by atoms with Crippen molar-refractivity contribution in [3.05, 3.63) is 48.5 Å². The summed E-state index contributed by atoms with van der Waals surface area (Å²) in [6.45, 7) is 5.12. The van der Waals surface area contributed by atoms with Crippen LogP contribution in [0, 0.1) is 0 Å². The van der Waals surface area contributed by atoms with E-state index in [1.807, 2.05) is 18.2 Å². The molecule has 0 aromatic heterocycles. The largest absolute Gasteiger partial charge is 1.00 e. The number of nitrogens with one attached hydrogen (secondary N) is 3. The average molecular weight is 542 g/mol. The van der Waals surface area contributed by atoms with Gasteiger partial charge in [-0.1, -0.05) is 18.2 Å². The van der Waals surface area contributed by atoms with Gasteiger partial charge >= 0.3 is 0 Å². The molecule has 0 radical (unpaired) electrons. The van der Waals surface area contributed by atoms with Crippen LogP contribution in [0.4, 0.5) is 5.69 Å². The van der Waals surface area contributed by atoms with E-state index in [2.05, 4.69) is 10.8 Å². The van der Waals surface area contributed by atoms with Crippen LogP contribution in [0.25, 0.3) is 0 Å². The maximum atomic E-state index is 12.5. The summed E-state index contributed by atoms with van der Waals surface area (Å²) in [5.41, 5.74) is 1.18. The monoisotopic (exact) mass is 540 g/mol. The Balaban J connectivity index is 0.00000272. The number of nitrogens with two attached hydrogens (primary N) is 1. The summed E-state index contributed by atoms with van der Waals surface area (Å²) in [6.07, 6.45) is 0.688. The lowest BCUT2D eigenvalue weighted by molar-refractivity contribution is -0.986. The Kier molecular flexibility index (Phi) is 11.5. The number of quaternary nitrogens is 2. The minimum absolute atomic E-state index is 0. The van der Waals surface area contributed by atoms with Crippen molar-refractivity contribution in [1.29, 1.82) is 0 Å². The van der Waals surface area contributed by atoms with Gasteiger partial charge in [0.2, 0.25) is 20.0 Å². The minimum Gasteiger partial charge on any atom is -1.00 e. The van der Waals surface area contributed by atoms with Crippen molar-refractivity contribution in [3.8, 4) is 5.75 Å². The molecule has 0 amide bonds. The molecule has 5 N–H and O–H groups in total. The number of primary sulfonamides is 1. The van der Waals surface area contributed by atoms with Crippen molar-refractivity contribution in [2.45, 2.75) is 16.2 Å². The number of piperazine rings is 1. The van der Waals surface area contributed by atoms with Crippen LogP contribution in [0.5, 0.6) is 5.75 Å². The highest BCUT2D eigenvalue weighted by Gasteiger charge is 2.26. The molecule has 0 saturated carbocycles. The average Bonchev–Trinajstić information content (AvgIpc) is 2.76. The number of methoxy groups -OCH3 is 1. The maximum absolute atomic E-state index is 12.5. The van der Waals surface area contributed by atoms with E-state index < -0.39 is 20.0 Å². The molecular weight excluding hydrogens is 511 g/mol. The molecule has 0 unspecified atom stereocenters. The zero-order valence-corrected chi connectivity index (χ0v) is 21.4. The normalized spacial score (nSPS) is 18.6. The van der Waals surface area contributed by atoms with Crippen molar-refractivity contribution >= 4 is 25.7 Å². The van der Waals surface area contributed by atoms with E-state index in [1.54, 1.807) is 7.11 Å². The van der Waals surface area contributed by atoms with Gasteiger partial charge in [-0.25, -0.2) is 26.7 Å². The smallest absolute Gasteiger partial charge is 0.240 e. The first kappa shape index (κ1) is 29.6. The van der Waals surface area contributed by atoms with Gasteiger partial charge in [-0.15, -0.1) is 0 Å². The standard InChI is InChI=1S/C20H28N4O5S2.2ClH/c1-29-20-9-3-2-8-19(20)24-14-12-23(13-15-24)11-5-10-22-31(27,28)18-7-4-6-17(16-18)30(21,25)26;;/h2-4,6-9,16,22H,5,10-15H2,1H3,(H2,21,25,26);2*1H. The second kappa shape index (κ2) is 12.9. The maximum Gasteiger partial charge on any atom is 0.240 e. The highest BCUT2D eigenvalue weighted by atomic mass is 35.5. The first-order valence-electron chi connectivity index (χ1n) is 10.1. The van der Waals surface area contributed by atoms with Gasteiger partial charge in [0.15, 0.2) is 11.4 Å². The van der Waals surface area contributed by atoms with Crippen molar-refractivity contribution in [2.24, 2.45) is 5.14 Å². The van der Waals surface area contributed by atoms with Crippen LogP contribution in [0.1, 0.15) is 6.42 Å². The van der Waals surface area contributed by atoms with E-state index in [-0.39, 0.29) is 41.1 Å². The molecule has 186 valence electrons. The number of para-hydroxylation sites is 2. The van der Waals surface area contributed by atoms with Gasteiger partial charge in [0.1, 0.15) is 26.2 Å². The van der Waals surface area contributed by atoms with Gasteiger partial charge in [-0.2, -0.15) is 0 Å². The minimum atomic E-state index is -3.96. The molecule has 3 rings (SSSR count). The van der Waals surface area contributed by atoms with Crippen molar-refractivity contribution in [3.63, 3.8) is 0 Å². The molecule has 0 bridgehead atoms. The molecule has 0 atom stereocenters. The summed E-state index contributed by atoms with van der Waals surface area (Å²) < 4.78 is 55.8. The first-order chi connectivity index (χ1) is 14.7. The molecule has 1 aliphatic rings. The molecule has 9 nitrogen and oxygen atoms in total. The van der Waals surface area contributed by atoms with E-state index in [9.17, 15) is 16.8 Å². The third-order valence-corrected chi connectivity index (χ3v) is 7.86. The van der Waals surface area contributed by atoms with Gasteiger partial charge in [-0.3, -0.25) is 4.90 Å². The van der Waals surface area contributed by atoms with Crippen LogP contribution in [0.15, 0.2) is 58.3 Å². The first-order valence-corrected chi connectivity index (χ1v) is 13.2. The summed E-state index contributed by atoms with van der Waals surface area (Å²) in [6, 6.07) is 13.1. The molecular formula is C20H30Cl2N4O5S2. The predicted molar refractivity (Wildman–Crippen MR) is 117 cm³/mol. The quantitative estimate of drug-likeness (QED) is 0.235. The fourth-order valence-corrected chi connectivity index (χ4v) is 5.56. The molecule has 2 aromatic carbocycles. The third kappa shape index (κ3) is 8.08. The van der Waals surface area contributed by atoms with Crippen LogP contribution in [0.3, 0.4) is 0 Å². The Bertz CT molecular complexity index is 1110. The highest BCUT2D eigenvalue weighted by Crippen LogP contribution is 2.18. The number of hydrogen-bond donors (Lipinski definition) is 4. The highest BCUT2D eigenvalue weighted by molar-refractivity contribution is 7.90. The van der Waals surface area contributed by atoms with E-state index in [0.29, 0.717) is 6.42 Å². The lowest BCUT2D eigenvalue weighted by atomic mass is 10.2. The third-order valence-electron chi connectivity index (χ3n) is 5.49. The lowest BCUT2D eigenvalue weighted by Crippen LogP contribution is -3.26. The number of benzene rings is 2. The van der Waals surface area contributed by atoms with E-state index in [4.69, 9.17) is 9.88 Å². The van der Waals surface area contributed by atoms with Gasteiger partial charge in [0.05, 0.1) is 23.4 Å². The fraction of sp³-hybridized carbons (Fsp3) is 0.400. The molecule has 1 aliphatic heterocycles. The second-order valence-corrected chi connectivity index (χ2v) is 10.9. The summed E-state index contributed by atoms with van der Waals surface area (Å²) >= 11 is 0. The Morgan fingerprint density at radius 3 is 2.21 bits per heavy atom. The van der Waals surface area contributed by atoms with Crippen LogP contribution in [0.2, 0.25) is 0 Å². The Morgan fingerprint density at radius 2 is 1.58 bits per heavy atom.